The number of carbonyl (C=O) groups excluding carboxylic acids is 1. The van der Waals surface area contributed by atoms with Crippen molar-refractivity contribution in [3.63, 3.8) is 0 Å². The summed E-state index contributed by atoms with van der Waals surface area (Å²) in [5.41, 5.74) is 1.87. The Balaban J connectivity index is 0.00000131. The molecule has 5 rings (SSSR count). The number of hydrogen-bond acceptors (Lipinski definition) is 4. The highest BCUT2D eigenvalue weighted by molar-refractivity contribution is 5.85. The van der Waals surface area contributed by atoms with Crippen LogP contribution in [-0.2, 0) is 6.42 Å². The highest BCUT2D eigenvalue weighted by Crippen LogP contribution is 2.24. The van der Waals surface area contributed by atoms with Crippen molar-refractivity contribution in [2.75, 3.05) is 33.3 Å². The maximum absolute atomic E-state index is 12.5. The fourth-order valence-electron chi connectivity index (χ4n) is 3.86. The number of aromatic nitrogens is 2. The van der Waals surface area contributed by atoms with Crippen molar-refractivity contribution in [1.82, 2.24) is 25.5 Å². The Hall–Kier alpha value is -1.70. The molecule has 0 spiro atoms. The minimum atomic E-state index is 0. The van der Waals surface area contributed by atoms with E-state index in [4.69, 9.17) is 4.74 Å². The van der Waals surface area contributed by atoms with Gasteiger partial charge in [-0.2, -0.15) is 0 Å². The van der Waals surface area contributed by atoms with E-state index in [2.05, 4.69) is 20.6 Å². The van der Waals surface area contributed by atoms with E-state index in [0.29, 0.717) is 24.9 Å². The highest BCUT2D eigenvalue weighted by atomic mass is 35.5. The number of halogens is 2. The molecule has 1 aromatic carbocycles. The van der Waals surface area contributed by atoms with Crippen molar-refractivity contribution in [1.29, 1.82) is 0 Å². The number of hydrogen-bond donors (Lipinski definition) is 3. The Labute approximate surface area is 171 Å². The second-order valence-electron chi connectivity index (χ2n) is 6.96. The first-order valence-corrected chi connectivity index (χ1v) is 9.01. The van der Waals surface area contributed by atoms with Gasteiger partial charge in [-0.25, -0.2) is 9.78 Å². The number of nitrogens with one attached hydrogen (secondary N) is 3. The van der Waals surface area contributed by atoms with Gasteiger partial charge >= 0.3 is 6.03 Å². The molecule has 0 aliphatic carbocycles. The van der Waals surface area contributed by atoms with Crippen LogP contribution in [0.1, 0.15) is 18.7 Å². The van der Waals surface area contributed by atoms with E-state index in [1.54, 1.807) is 7.11 Å². The van der Waals surface area contributed by atoms with E-state index in [1.807, 2.05) is 23.1 Å². The van der Waals surface area contributed by atoms with Gasteiger partial charge in [0.15, 0.2) is 0 Å². The maximum Gasteiger partial charge on any atom is 0.317 e. The largest absolute Gasteiger partial charge is 0.497 e. The lowest BCUT2D eigenvalue weighted by molar-refractivity contribution is 0.142. The summed E-state index contributed by atoms with van der Waals surface area (Å²) < 4.78 is 5.23. The van der Waals surface area contributed by atoms with Gasteiger partial charge in [0.25, 0.3) is 0 Å². The van der Waals surface area contributed by atoms with Gasteiger partial charge < -0.3 is 25.3 Å². The summed E-state index contributed by atoms with van der Waals surface area (Å²) in [6, 6.07) is 6.16. The molecule has 2 atom stereocenters. The van der Waals surface area contributed by atoms with E-state index in [1.165, 1.54) is 6.42 Å². The Morgan fingerprint density at radius 3 is 3.00 bits per heavy atom. The number of rotatable bonds is 4. The summed E-state index contributed by atoms with van der Waals surface area (Å²) in [7, 11) is 1.65. The standard InChI is InChI=1S/C18H25N5O2.2ClH/c1-25-14-4-5-15-16(8-14)22-17(21-15)6-7-20-18(24)23-11-12-2-3-13(23)10-19-9-12;;/h4-5,8,12-13,19H,2-3,6-7,9-11H2,1H3,(H,20,24)(H,21,22);2*1H/t12-,13+;;/m1../s1. The molecule has 3 fully saturated rings. The Kier molecular flexibility index (Phi) is 7.59. The minimum Gasteiger partial charge on any atom is -0.497 e. The molecule has 2 bridgehead atoms. The zero-order valence-corrected chi connectivity index (χ0v) is 17.0. The number of nitrogens with zero attached hydrogens (tertiary/aromatic N) is 2. The van der Waals surface area contributed by atoms with Crippen LogP contribution in [0.5, 0.6) is 5.75 Å². The average molecular weight is 416 g/mol. The molecule has 3 N–H and O–H groups in total. The summed E-state index contributed by atoms with van der Waals surface area (Å²) in [5.74, 6) is 2.28. The molecule has 0 saturated carbocycles. The monoisotopic (exact) mass is 415 g/mol. The van der Waals surface area contributed by atoms with Crippen LogP contribution < -0.4 is 15.4 Å². The van der Waals surface area contributed by atoms with Gasteiger partial charge in [0.1, 0.15) is 11.6 Å². The van der Waals surface area contributed by atoms with Crippen LogP contribution in [-0.4, -0.2) is 60.2 Å². The van der Waals surface area contributed by atoms with Crippen LogP contribution in [0, 0.1) is 5.92 Å². The SMILES string of the molecule is COc1ccc2nc(CCNC(=O)N3C[C@@H]4CC[C@H]3CNC4)[nH]c2c1.Cl.Cl. The number of methoxy groups -OCH3 is 1. The number of benzene rings is 1. The highest BCUT2D eigenvalue weighted by Gasteiger charge is 2.33. The summed E-state index contributed by atoms with van der Waals surface area (Å²) in [4.78, 5) is 22.4. The van der Waals surface area contributed by atoms with E-state index in [-0.39, 0.29) is 30.8 Å². The fraction of sp³-hybridized carbons (Fsp3) is 0.556. The summed E-state index contributed by atoms with van der Waals surface area (Å²) in [6.07, 6.45) is 3.02. The van der Waals surface area contributed by atoms with Crippen LogP contribution in [0.4, 0.5) is 4.79 Å². The second-order valence-corrected chi connectivity index (χ2v) is 6.96. The molecule has 2 aromatic rings. The van der Waals surface area contributed by atoms with Crippen molar-refractivity contribution in [2.45, 2.75) is 25.3 Å². The van der Waals surface area contributed by atoms with E-state index >= 15 is 0 Å². The van der Waals surface area contributed by atoms with Crippen molar-refractivity contribution < 1.29 is 9.53 Å². The second kappa shape index (κ2) is 9.48. The molecule has 27 heavy (non-hydrogen) atoms. The van der Waals surface area contributed by atoms with Crippen LogP contribution in [0.25, 0.3) is 11.0 Å². The van der Waals surface area contributed by atoms with Gasteiger partial charge in [0, 0.05) is 38.2 Å². The molecule has 0 unspecified atom stereocenters. The third-order valence-corrected chi connectivity index (χ3v) is 5.25. The van der Waals surface area contributed by atoms with Crippen LogP contribution in [0.15, 0.2) is 18.2 Å². The first-order valence-electron chi connectivity index (χ1n) is 9.01. The zero-order valence-electron chi connectivity index (χ0n) is 15.4. The van der Waals surface area contributed by atoms with Crippen molar-refractivity contribution >= 4 is 41.9 Å². The zero-order chi connectivity index (χ0) is 17.2. The van der Waals surface area contributed by atoms with Crippen molar-refractivity contribution in [3.05, 3.63) is 24.0 Å². The maximum atomic E-state index is 12.5. The number of ether oxygens (including phenoxy) is 1. The number of imidazole rings is 1. The van der Waals surface area contributed by atoms with E-state index in [9.17, 15) is 4.79 Å². The quantitative estimate of drug-likeness (QED) is 0.715. The predicted molar refractivity (Wildman–Crippen MR) is 110 cm³/mol. The third-order valence-electron chi connectivity index (χ3n) is 5.25. The normalized spacial score (nSPS) is 21.1. The minimum absolute atomic E-state index is 0. The molecule has 0 radical (unpaired) electrons. The number of urea groups is 1. The molecule has 150 valence electrons. The number of piperidine rings is 1. The van der Waals surface area contributed by atoms with Gasteiger partial charge in [-0.1, -0.05) is 0 Å². The summed E-state index contributed by atoms with van der Waals surface area (Å²) in [5, 5.41) is 6.51. The molecule has 4 heterocycles. The smallest absolute Gasteiger partial charge is 0.317 e. The van der Waals surface area contributed by atoms with E-state index < -0.39 is 0 Å². The number of carbonyl (C=O) groups is 1. The number of aromatic amines is 1. The molecule has 3 aliphatic heterocycles. The Morgan fingerprint density at radius 2 is 2.19 bits per heavy atom. The molecular formula is C18H27Cl2N5O2. The van der Waals surface area contributed by atoms with Gasteiger partial charge in [-0.3, -0.25) is 0 Å². The van der Waals surface area contributed by atoms with E-state index in [0.717, 1.165) is 48.7 Å². The van der Waals surface area contributed by atoms with Gasteiger partial charge in [-0.15, -0.1) is 24.8 Å². The van der Waals surface area contributed by atoms with Crippen LogP contribution in [0.2, 0.25) is 0 Å². The Morgan fingerprint density at radius 1 is 1.33 bits per heavy atom. The number of H-pyrrole nitrogens is 1. The molecular weight excluding hydrogens is 389 g/mol. The average Bonchev–Trinajstić information content (AvgIpc) is 2.78. The van der Waals surface area contributed by atoms with Gasteiger partial charge in [0.2, 0.25) is 0 Å². The summed E-state index contributed by atoms with van der Waals surface area (Å²) >= 11 is 0. The van der Waals surface area contributed by atoms with Gasteiger partial charge in [0.05, 0.1) is 18.1 Å². The number of amides is 2. The Bertz CT molecular complexity index is 765. The fourth-order valence-corrected chi connectivity index (χ4v) is 3.86. The first-order chi connectivity index (χ1) is 12.2. The molecule has 3 saturated heterocycles. The molecule has 2 amide bonds. The molecule has 9 heteroatoms. The lowest BCUT2D eigenvalue weighted by Crippen LogP contribution is -2.51. The predicted octanol–water partition coefficient (Wildman–Crippen LogP) is 2.35. The van der Waals surface area contributed by atoms with Gasteiger partial charge in [-0.05, 0) is 37.4 Å². The molecule has 7 nitrogen and oxygen atoms in total. The number of fused-ring (bicyclic) bond motifs is 5. The summed E-state index contributed by atoms with van der Waals surface area (Å²) in [6.45, 7) is 3.39. The first kappa shape index (κ1) is 21.6. The topological polar surface area (TPSA) is 82.3 Å². The molecule has 3 aliphatic rings. The lowest BCUT2D eigenvalue weighted by atomic mass is 9.95. The lowest BCUT2D eigenvalue weighted by Gasteiger charge is -2.36. The van der Waals surface area contributed by atoms with Crippen LogP contribution >= 0.6 is 24.8 Å². The van der Waals surface area contributed by atoms with Crippen LogP contribution in [0.3, 0.4) is 0 Å². The third kappa shape index (κ3) is 4.78. The van der Waals surface area contributed by atoms with Crippen molar-refractivity contribution in [3.8, 4) is 5.75 Å². The van der Waals surface area contributed by atoms with Crippen molar-refractivity contribution in [2.24, 2.45) is 5.92 Å². The molecule has 1 aromatic heterocycles.